The summed E-state index contributed by atoms with van der Waals surface area (Å²) in [6.45, 7) is 0.590. The van der Waals surface area contributed by atoms with E-state index in [0.29, 0.717) is 6.92 Å². The molecule has 0 spiro atoms. The van der Waals surface area contributed by atoms with Gasteiger partial charge >= 0.3 is 6.18 Å². The molecule has 0 saturated carbocycles. The van der Waals surface area contributed by atoms with E-state index >= 15 is 0 Å². The Morgan fingerprint density at radius 2 is 1.86 bits per heavy atom. The molecule has 0 radical (unpaired) electrons. The monoisotopic (exact) mass is 114 g/mol. The van der Waals surface area contributed by atoms with Crippen LogP contribution in [-0.4, -0.2) is 12.2 Å². The van der Waals surface area contributed by atoms with Crippen LogP contribution in [0.3, 0.4) is 0 Å². The maximum atomic E-state index is 11.2. The molecule has 0 saturated heterocycles. The molecule has 0 heterocycles. The average Bonchev–Trinajstić information content (AvgIpc) is 1.25. The molecule has 0 aromatic carbocycles. The van der Waals surface area contributed by atoms with Crippen molar-refractivity contribution in [3.05, 3.63) is 0 Å². The molecule has 0 aliphatic rings. The summed E-state index contributed by atoms with van der Waals surface area (Å²) in [4.78, 5) is 0. The summed E-state index contributed by atoms with van der Waals surface area (Å²) >= 11 is 0. The molecule has 0 amide bonds. The fourth-order valence-electron chi connectivity index (χ4n) is 0. The summed E-state index contributed by atoms with van der Waals surface area (Å²) < 4.78 is 40.0. The van der Waals surface area contributed by atoms with Crippen LogP contribution in [0.25, 0.3) is 0 Å². The molecule has 4 heteroatoms. The molecular formula is C3H6F3N. The first kappa shape index (κ1) is 4.90. The van der Waals surface area contributed by atoms with Gasteiger partial charge in [-0.3, -0.25) is 0 Å². The lowest BCUT2D eigenvalue weighted by Gasteiger charge is -2.07. The van der Waals surface area contributed by atoms with Gasteiger partial charge in [-0.2, -0.15) is 13.2 Å². The second kappa shape index (κ2) is 1.69. The van der Waals surface area contributed by atoms with E-state index < -0.39 is 12.2 Å². The summed E-state index contributed by atoms with van der Waals surface area (Å²) in [7, 11) is 0. The van der Waals surface area contributed by atoms with Crippen molar-refractivity contribution in [3.8, 4) is 0 Å². The second-order valence-corrected chi connectivity index (χ2v) is 1.18. The zero-order chi connectivity index (χ0) is 7.00. The van der Waals surface area contributed by atoms with Crippen LogP contribution >= 0.6 is 0 Å². The van der Waals surface area contributed by atoms with Crippen molar-refractivity contribution in [1.29, 1.82) is 0 Å². The normalized spacial score (nSPS) is 23.3. The summed E-state index contributed by atoms with van der Waals surface area (Å²) in [5, 5.41) is 0. The first-order valence-corrected chi connectivity index (χ1v) is 1.61. The third-order valence-electron chi connectivity index (χ3n) is 0.447. The number of alkyl halides is 3. The summed E-state index contributed by atoms with van der Waals surface area (Å²) in [6.07, 6.45) is -4.62. The van der Waals surface area contributed by atoms with Gasteiger partial charge in [0.15, 0.2) is 0 Å². The van der Waals surface area contributed by atoms with Gasteiger partial charge in [0, 0.05) is 0 Å². The Morgan fingerprint density at radius 1 is 1.71 bits per heavy atom. The van der Waals surface area contributed by atoms with Crippen LogP contribution in [0, 0.1) is 0 Å². The summed E-state index contributed by atoms with van der Waals surface area (Å²) in [5.41, 5.74) is 4.35. The Kier molecular flexibility index (Phi) is 1.19. The van der Waals surface area contributed by atoms with E-state index in [1.807, 2.05) is 0 Å². The molecule has 0 aliphatic carbocycles. The molecule has 7 heavy (non-hydrogen) atoms. The van der Waals surface area contributed by atoms with Gasteiger partial charge in [-0.25, -0.2) is 0 Å². The second-order valence-electron chi connectivity index (χ2n) is 1.18. The number of halogens is 3. The first-order chi connectivity index (χ1) is 3.25. The molecule has 0 unspecified atom stereocenters. The molecule has 44 valence electrons. The molecule has 0 aliphatic heterocycles. The van der Waals surface area contributed by atoms with Crippen LogP contribution in [0.15, 0.2) is 0 Å². The summed E-state index contributed by atoms with van der Waals surface area (Å²) in [5.74, 6) is 0. The Morgan fingerprint density at radius 3 is 1.86 bits per heavy atom. The molecular weight excluding hydrogens is 107 g/mol. The van der Waals surface area contributed by atoms with E-state index in [2.05, 4.69) is 5.73 Å². The standard InChI is InChI=1S/C3H6F3N/c1-2(7)3(4,5)6/h2H,7H2,1H3/t2-/m0/s1/i2D. The predicted molar refractivity (Wildman–Crippen MR) is 19.7 cm³/mol. The number of nitrogens with two attached hydrogens (primary N) is 1. The van der Waals surface area contributed by atoms with Gasteiger partial charge in [-0.1, -0.05) is 0 Å². The zero-order valence-electron chi connectivity index (χ0n) is 4.71. The van der Waals surface area contributed by atoms with Gasteiger partial charge in [0.25, 0.3) is 0 Å². The quantitative estimate of drug-likeness (QED) is 0.497. The Labute approximate surface area is 40.7 Å². The van der Waals surface area contributed by atoms with E-state index in [1.54, 1.807) is 0 Å². The minimum absolute atomic E-state index is 0.590. The van der Waals surface area contributed by atoms with Crippen molar-refractivity contribution in [2.75, 3.05) is 0 Å². The average molecular weight is 114 g/mol. The molecule has 0 rings (SSSR count). The van der Waals surface area contributed by atoms with E-state index in [0.717, 1.165) is 0 Å². The zero-order valence-corrected chi connectivity index (χ0v) is 3.71. The number of rotatable bonds is 0. The fourth-order valence-corrected chi connectivity index (χ4v) is 0. The summed E-state index contributed by atoms with van der Waals surface area (Å²) in [6, 6.07) is -2.81. The van der Waals surface area contributed by atoms with E-state index in [4.69, 9.17) is 1.37 Å². The molecule has 0 aromatic rings. The third kappa shape index (κ3) is 2.45. The maximum Gasteiger partial charge on any atom is 0.403 e. The fraction of sp³-hybridized carbons (Fsp3) is 1.00. The maximum absolute atomic E-state index is 11.2. The van der Waals surface area contributed by atoms with Gasteiger partial charge in [0.1, 0.15) is 0 Å². The molecule has 0 fully saturated rings. The first-order valence-electron chi connectivity index (χ1n) is 2.11. The van der Waals surface area contributed by atoms with Gasteiger partial charge in [-0.15, -0.1) is 0 Å². The number of hydrogen-bond donors (Lipinski definition) is 1. The van der Waals surface area contributed by atoms with E-state index in [-0.39, 0.29) is 0 Å². The lowest BCUT2D eigenvalue weighted by Crippen LogP contribution is -2.33. The van der Waals surface area contributed by atoms with Crippen LogP contribution in [0.2, 0.25) is 0 Å². The van der Waals surface area contributed by atoms with Crippen LogP contribution in [-0.2, 0) is 0 Å². The van der Waals surface area contributed by atoms with Gasteiger partial charge in [-0.05, 0) is 6.92 Å². The SMILES string of the molecule is [2H][C@@](C)(N)C(F)(F)F. The largest absolute Gasteiger partial charge is 0.403 e. The van der Waals surface area contributed by atoms with Crippen LogP contribution in [0.5, 0.6) is 0 Å². The van der Waals surface area contributed by atoms with Crippen molar-refractivity contribution >= 4 is 0 Å². The van der Waals surface area contributed by atoms with E-state index in [9.17, 15) is 13.2 Å². The smallest absolute Gasteiger partial charge is 0.320 e. The Balaban J connectivity index is 4.02. The van der Waals surface area contributed by atoms with Crippen molar-refractivity contribution in [2.45, 2.75) is 19.1 Å². The third-order valence-corrected chi connectivity index (χ3v) is 0.447. The lowest BCUT2D eigenvalue weighted by atomic mass is 10.4. The van der Waals surface area contributed by atoms with E-state index in [1.165, 1.54) is 0 Å². The van der Waals surface area contributed by atoms with Gasteiger partial charge in [0.05, 0.1) is 7.39 Å². The van der Waals surface area contributed by atoms with Gasteiger partial charge < -0.3 is 5.73 Å². The highest BCUT2D eigenvalue weighted by atomic mass is 19.4. The van der Waals surface area contributed by atoms with Crippen LogP contribution < -0.4 is 5.73 Å². The molecule has 2 N–H and O–H groups in total. The van der Waals surface area contributed by atoms with Crippen molar-refractivity contribution in [3.63, 3.8) is 0 Å². The Hall–Kier alpha value is -0.250. The predicted octanol–water partition coefficient (Wildman–Crippen LogP) is 0.896. The lowest BCUT2D eigenvalue weighted by molar-refractivity contribution is -0.143. The molecule has 0 bridgehead atoms. The number of hydrogen-bond acceptors (Lipinski definition) is 1. The van der Waals surface area contributed by atoms with Gasteiger partial charge in [0.2, 0.25) is 0 Å². The highest BCUT2D eigenvalue weighted by Gasteiger charge is 2.32. The molecule has 1 nitrogen and oxygen atoms in total. The van der Waals surface area contributed by atoms with Crippen molar-refractivity contribution in [2.24, 2.45) is 5.73 Å². The highest BCUT2D eigenvalue weighted by molar-refractivity contribution is 4.61. The minimum atomic E-state index is -4.62. The van der Waals surface area contributed by atoms with Crippen molar-refractivity contribution in [1.82, 2.24) is 0 Å². The van der Waals surface area contributed by atoms with Crippen LogP contribution in [0.1, 0.15) is 8.29 Å². The minimum Gasteiger partial charge on any atom is -0.320 e. The molecule has 0 aromatic heterocycles. The Bertz CT molecular complexity index is 69.5. The highest BCUT2D eigenvalue weighted by Crippen LogP contribution is 2.16. The van der Waals surface area contributed by atoms with Crippen molar-refractivity contribution < 1.29 is 14.5 Å². The molecule has 1 atom stereocenters. The topological polar surface area (TPSA) is 26.0 Å². The van der Waals surface area contributed by atoms with Crippen LogP contribution in [0.4, 0.5) is 13.2 Å².